The second-order valence-electron chi connectivity index (χ2n) is 5.14. The zero-order chi connectivity index (χ0) is 17.2. The number of hydrogen-bond acceptors (Lipinski definition) is 4. The van der Waals surface area contributed by atoms with E-state index in [4.69, 9.17) is 5.11 Å². The van der Waals surface area contributed by atoms with Crippen LogP contribution in [0.4, 0.5) is 0 Å². The molecule has 7 nitrogen and oxygen atoms in total. The summed E-state index contributed by atoms with van der Waals surface area (Å²) in [5.41, 5.74) is 1.89. The van der Waals surface area contributed by atoms with Gasteiger partial charge in [0.15, 0.2) is 0 Å². The molecular formula is C15H19N3O4S. The normalized spacial score (nSPS) is 11.6. The van der Waals surface area contributed by atoms with Gasteiger partial charge in [0.1, 0.15) is 4.90 Å². The quantitative estimate of drug-likeness (QED) is 0.835. The fourth-order valence-electron chi connectivity index (χ4n) is 2.39. The Morgan fingerprint density at radius 1 is 1.26 bits per heavy atom. The summed E-state index contributed by atoms with van der Waals surface area (Å²) < 4.78 is 29.2. The first-order valence-electron chi connectivity index (χ1n) is 7.12. The Morgan fingerprint density at radius 3 is 2.35 bits per heavy atom. The van der Waals surface area contributed by atoms with Crippen LogP contribution in [0.2, 0.25) is 0 Å². The molecule has 2 rings (SSSR count). The molecule has 1 aromatic carbocycles. The third kappa shape index (κ3) is 3.59. The van der Waals surface area contributed by atoms with Crippen molar-refractivity contribution >= 4 is 16.0 Å². The summed E-state index contributed by atoms with van der Waals surface area (Å²) in [4.78, 5) is 11.0. The maximum atomic E-state index is 12.5. The number of aryl methyl sites for hydroxylation is 2. The van der Waals surface area contributed by atoms with Gasteiger partial charge in [0.05, 0.1) is 17.0 Å². The average molecular weight is 337 g/mol. The minimum Gasteiger partial charge on any atom is -0.478 e. The zero-order valence-corrected chi connectivity index (χ0v) is 14.0. The van der Waals surface area contributed by atoms with Gasteiger partial charge in [-0.3, -0.25) is 4.68 Å². The van der Waals surface area contributed by atoms with Crippen LogP contribution >= 0.6 is 0 Å². The van der Waals surface area contributed by atoms with Crippen molar-refractivity contribution in [2.75, 3.05) is 0 Å². The number of nitrogens with zero attached hydrogens (tertiary/aromatic N) is 2. The minimum atomic E-state index is -3.69. The Bertz CT molecular complexity index is 823. The van der Waals surface area contributed by atoms with Gasteiger partial charge in [-0.05, 0) is 38.5 Å². The van der Waals surface area contributed by atoms with Crippen LogP contribution in [0.15, 0.2) is 29.2 Å². The highest BCUT2D eigenvalue weighted by molar-refractivity contribution is 7.89. The second-order valence-corrected chi connectivity index (χ2v) is 6.85. The number of sulfonamides is 1. The van der Waals surface area contributed by atoms with Crippen molar-refractivity contribution < 1.29 is 18.3 Å². The zero-order valence-electron chi connectivity index (χ0n) is 13.2. The van der Waals surface area contributed by atoms with E-state index in [-0.39, 0.29) is 17.0 Å². The summed E-state index contributed by atoms with van der Waals surface area (Å²) in [6.07, 6.45) is 0. The van der Waals surface area contributed by atoms with E-state index in [9.17, 15) is 13.2 Å². The molecule has 0 radical (unpaired) electrons. The molecule has 0 spiro atoms. The van der Waals surface area contributed by atoms with E-state index in [1.54, 1.807) is 30.7 Å². The van der Waals surface area contributed by atoms with Crippen LogP contribution < -0.4 is 4.72 Å². The molecule has 1 aromatic heterocycles. The molecule has 0 fully saturated rings. The number of hydrogen-bond donors (Lipinski definition) is 2. The lowest BCUT2D eigenvalue weighted by atomic mass is 10.1. The van der Waals surface area contributed by atoms with Crippen LogP contribution in [0.5, 0.6) is 0 Å². The van der Waals surface area contributed by atoms with Gasteiger partial charge < -0.3 is 5.11 Å². The first-order valence-corrected chi connectivity index (χ1v) is 8.60. The van der Waals surface area contributed by atoms with Crippen LogP contribution in [0.3, 0.4) is 0 Å². The molecule has 0 aliphatic rings. The van der Waals surface area contributed by atoms with Crippen LogP contribution in [0, 0.1) is 13.8 Å². The van der Waals surface area contributed by atoms with Gasteiger partial charge in [0.2, 0.25) is 10.0 Å². The molecule has 0 atom stereocenters. The topological polar surface area (TPSA) is 101 Å². The maximum Gasteiger partial charge on any atom is 0.335 e. The monoisotopic (exact) mass is 337 g/mol. The van der Waals surface area contributed by atoms with Crippen molar-refractivity contribution in [3.05, 3.63) is 46.8 Å². The number of aromatic nitrogens is 2. The van der Waals surface area contributed by atoms with Crippen molar-refractivity contribution in [3.8, 4) is 0 Å². The Hall–Kier alpha value is -2.19. The molecular weight excluding hydrogens is 318 g/mol. The van der Waals surface area contributed by atoms with Crippen molar-refractivity contribution in [2.24, 2.45) is 0 Å². The van der Waals surface area contributed by atoms with E-state index < -0.39 is 16.0 Å². The number of carboxylic acids is 1. The fraction of sp³-hybridized carbons (Fsp3) is 0.333. The van der Waals surface area contributed by atoms with Crippen molar-refractivity contribution in [3.63, 3.8) is 0 Å². The molecule has 0 saturated carbocycles. The average Bonchev–Trinajstić information content (AvgIpc) is 2.80. The predicted octanol–water partition coefficient (Wildman–Crippen LogP) is 1.70. The van der Waals surface area contributed by atoms with Crippen molar-refractivity contribution in [1.82, 2.24) is 14.5 Å². The molecule has 0 aliphatic carbocycles. The third-order valence-electron chi connectivity index (χ3n) is 3.55. The first-order chi connectivity index (χ1) is 10.8. The summed E-state index contributed by atoms with van der Waals surface area (Å²) in [7, 11) is -3.69. The van der Waals surface area contributed by atoms with Gasteiger partial charge in [-0.1, -0.05) is 12.1 Å². The highest BCUT2D eigenvalue weighted by Crippen LogP contribution is 2.19. The molecule has 124 valence electrons. The van der Waals surface area contributed by atoms with Crippen LogP contribution in [-0.4, -0.2) is 29.3 Å². The summed E-state index contributed by atoms with van der Waals surface area (Å²) in [5, 5.41) is 13.1. The molecule has 8 heteroatoms. The van der Waals surface area contributed by atoms with E-state index in [2.05, 4.69) is 9.82 Å². The molecule has 0 saturated heterocycles. The van der Waals surface area contributed by atoms with E-state index in [0.29, 0.717) is 23.5 Å². The Kier molecular flexibility index (Phi) is 4.86. The molecule has 2 N–H and O–H groups in total. The van der Waals surface area contributed by atoms with Gasteiger partial charge in [-0.2, -0.15) is 5.10 Å². The van der Waals surface area contributed by atoms with Crippen LogP contribution in [-0.2, 0) is 23.1 Å². The third-order valence-corrected chi connectivity index (χ3v) is 5.20. The number of aromatic carboxylic acids is 1. The van der Waals surface area contributed by atoms with Gasteiger partial charge in [0.25, 0.3) is 0 Å². The second kappa shape index (κ2) is 6.51. The summed E-state index contributed by atoms with van der Waals surface area (Å²) in [5.74, 6) is -1.02. The molecule has 0 aliphatic heterocycles. The number of benzene rings is 1. The lowest BCUT2D eigenvalue weighted by Crippen LogP contribution is -2.24. The van der Waals surface area contributed by atoms with Crippen molar-refractivity contribution in [1.29, 1.82) is 0 Å². The highest BCUT2D eigenvalue weighted by atomic mass is 32.2. The van der Waals surface area contributed by atoms with Gasteiger partial charge >= 0.3 is 5.97 Å². The summed E-state index contributed by atoms with van der Waals surface area (Å²) >= 11 is 0. The van der Waals surface area contributed by atoms with E-state index in [0.717, 1.165) is 0 Å². The Labute approximate surface area is 135 Å². The predicted molar refractivity (Wildman–Crippen MR) is 84.8 cm³/mol. The number of rotatable bonds is 6. The number of carboxylic acid groups (broad SMARTS) is 1. The standard InChI is InChI=1S/C15H19N3O4S/c1-4-18-11(3)14(10(2)17-18)23(21,22)16-9-12-5-7-13(8-6-12)15(19)20/h5-8,16H,4,9H2,1-3H3,(H,19,20). The van der Waals surface area contributed by atoms with Gasteiger partial charge in [-0.15, -0.1) is 0 Å². The van der Waals surface area contributed by atoms with Crippen molar-refractivity contribution in [2.45, 2.75) is 38.8 Å². The SMILES string of the molecule is CCn1nc(C)c(S(=O)(=O)NCc2ccc(C(=O)O)cc2)c1C. The number of carbonyl (C=O) groups is 1. The van der Waals surface area contributed by atoms with Crippen LogP contribution in [0.1, 0.15) is 34.2 Å². The van der Waals surface area contributed by atoms with E-state index in [1.165, 1.54) is 12.1 Å². The molecule has 0 bridgehead atoms. The Morgan fingerprint density at radius 2 is 1.87 bits per heavy atom. The minimum absolute atomic E-state index is 0.0818. The molecule has 1 heterocycles. The lowest BCUT2D eigenvalue weighted by Gasteiger charge is -2.08. The first kappa shape index (κ1) is 17.2. The molecule has 0 amide bonds. The maximum absolute atomic E-state index is 12.5. The van der Waals surface area contributed by atoms with Crippen LogP contribution in [0.25, 0.3) is 0 Å². The molecule has 23 heavy (non-hydrogen) atoms. The summed E-state index contributed by atoms with van der Waals surface area (Å²) in [6, 6.07) is 6.05. The molecule has 0 unspecified atom stereocenters. The van der Waals surface area contributed by atoms with E-state index >= 15 is 0 Å². The number of nitrogens with one attached hydrogen (secondary N) is 1. The van der Waals surface area contributed by atoms with E-state index in [1.807, 2.05) is 6.92 Å². The fourth-order valence-corrected chi connectivity index (χ4v) is 3.82. The summed E-state index contributed by atoms with van der Waals surface area (Å²) in [6.45, 7) is 5.96. The lowest BCUT2D eigenvalue weighted by molar-refractivity contribution is 0.0697. The van der Waals surface area contributed by atoms with Gasteiger partial charge in [-0.25, -0.2) is 17.9 Å². The Balaban J connectivity index is 2.19. The largest absolute Gasteiger partial charge is 0.478 e. The van der Waals surface area contributed by atoms with Gasteiger partial charge in [0, 0.05) is 13.1 Å². The smallest absolute Gasteiger partial charge is 0.335 e. The highest BCUT2D eigenvalue weighted by Gasteiger charge is 2.23. The molecule has 2 aromatic rings.